The average molecular weight is 394 g/mol. The fraction of sp³-hybridized carbons (Fsp3) is 0.0385. The number of rotatable bonds is 3. The molecule has 0 amide bonds. The van der Waals surface area contributed by atoms with E-state index >= 15 is 0 Å². The van der Waals surface area contributed by atoms with E-state index in [0.29, 0.717) is 10.5 Å². The third kappa shape index (κ3) is 3.34. The Hall–Kier alpha value is -3.30. The molecule has 1 heterocycles. The molecule has 0 aliphatic heterocycles. The second-order valence-corrected chi connectivity index (χ2v) is 8.15. The van der Waals surface area contributed by atoms with Gasteiger partial charge in [0.25, 0.3) is 0 Å². The van der Waals surface area contributed by atoms with E-state index in [9.17, 15) is 4.79 Å². The van der Waals surface area contributed by atoms with Gasteiger partial charge in [0.2, 0.25) is 0 Å². The summed E-state index contributed by atoms with van der Waals surface area (Å²) >= 11 is 1.46. The first kappa shape index (κ1) is 17.8. The molecule has 0 unspecified atom stereocenters. The molecule has 0 bridgehead atoms. The van der Waals surface area contributed by atoms with Crippen LogP contribution in [0, 0.1) is 6.92 Å². The second kappa shape index (κ2) is 7.26. The first-order valence-electron chi connectivity index (χ1n) is 9.48. The Morgan fingerprint density at radius 1 is 0.759 bits per heavy atom. The summed E-state index contributed by atoms with van der Waals surface area (Å²) < 4.78 is 5.78. The highest BCUT2D eigenvalue weighted by atomic mass is 32.2. The smallest absolute Gasteiger partial charge is 0.351 e. The molecule has 0 saturated carbocycles. The van der Waals surface area contributed by atoms with Crippen molar-refractivity contribution in [1.29, 1.82) is 0 Å². The van der Waals surface area contributed by atoms with E-state index in [4.69, 9.17) is 4.42 Å². The lowest BCUT2D eigenvalue weighted by Gasteiger charge is -2.13. The van der Waals surface area contributed by atoms with Crippen LogP contribution in [0.5, 0.6) is 0 Å². The maximum absolute atomic E-state index is 13.0. The van der Waals surface area contributed by atoms with Crippen LogP contribution < -0.4 is 5.63 Å². The molecule has 0 saturated heterocycles. The zero-order valence-corrected chi connectivity index (χ0v) is 16.7. The van der Waals surface area contributed by atoms with Crippen molar-refractivity contribution in [2.24, 2.45) is 0 Å². The minimum Gasteiger partial charge on any atom is -0.422 e. The van der Waals surface area contributed by atoms with Crippen LogP contribution in [-0.4, -0.2) is 0 Å². The SMILES string of the molecule is Cc1ccc(Sc2c(-c3ccccc3)c3cc4ccccc4cc3oc2=O)cc1. The van der Waals surface area contributed by atoms with Crippen LogP contribution >= 0.6 is 11.8 Å². The molecule has 0 atom stereocenters. The van der Waals surface area contributed by atoms with E-state index in [1.807, 2.05) is 66.7 Å². The highest BCUT2D eigenvalue weighted by Gasteiger charge is 2.18. The summed E-state index contributed by atoms with van der Waals surface area (Å²) in [6, 6.07) is 30.5. The largest absolute Gasteiger partial charge is 0.422 e. The fourth-order valence-corrected chi connectivity index (χ4v) is 4.54. The van der Waals surface area contributed by atoms with Crippen molar-refractivity contribution >= 4 is 33.5 Å². The first-order chi connectivity index (χ1) is 14.2. The van der Waals surface area contributed by atoms with Crippen LogP contribution in [0.25, 0.3) is 32.9 Å². The van der Waals surface area contributed by atoms with Gasteiger partial charge in [-0.2, -0.15) is 0 Å². The molecule has 0 fully saturated rings. The summed E-state index contributed by atoms with van der Waals surface area (Å²) in [5, 5.41) is 3.13. The van der Waals surface area contributed by atoms with E-state index in [1.54, 1.807) is 0 Å². The molecule has 0 N–H and O–H groups in total. The van der Waals surface area contributed by atoms with E-state index in [1.165, 1.54) is 17.3 Å². The molecule has 0 aliphatic rings. The number of benzene rings is 4. The number of aryl methyl sites for hydroxylation is 1. The van der Waals surface area contributed by atoms with E-state index in [0.717, 1.165) is 32.2 Å². The van der Waals surface area contributed by atoms with Crippen molar-refractivity contribution in [2.75, 3.05) is 0 Å². The lowest BCUT2D eigenvalue weighted by atomic mass is 9.99. The molecule has 29 heavy (non-hydrogen) atoms. The molecule has 140 valence electrons. The number of fused-ring (bicyclic) bond motifs is 2. The Labute approximate surface area is 172 Å². The van der Waals surface area contributed by atoms with Crippen LogP contribution in [0.1, 0.15) is 5.56 Å². The van der Waals surface area contributed by atoms with Crippen molar-refractivity contribution in [2.45, 2.75) is 16.7 Å². The molecular formula is C26H18O2S. The average Bonchev–Trinajstić information content (AvgIpc) is 2.75. The number of hydrogen-bond donors (Lipinski definition) is 0. The summed E-state index contributed by atoms with van der Waals surface area (Å²) in [5.74, 6) is 0. The zero-order valence-electron chi connectivity index (χ0n) is 15.9. The molecule has 0 radical (unpaired) electrons. The van der Waals surface area contributed by atoms with Gasteiger partial charge in [-0.1, -0.05) is 84.1 Å². The van der Waals surface area contributed by atoms with Gasteiger partial charge in [-0.3, -0.25) is 0 Å². The predicted octanol–water partition coefficient (Wildman–Crippen LogP) is 7.07. The van der Waals surface area contributed by atoms with Crippen LogP contribution in [0.15, 0.2) is 110 Å². The summed E-state index contributed by atoms with van der Waals surface area (Å²) in [5.41, 5.74) is 3.43. The van der Waals surface area contributed by atoms with Crippen molar-refractivity contribution in [3.05, 3.63) is 107 Å². The normalized spacial score (nSPS) is 11.2. The predicted molar refractivity (Wildman–Crippen MR) is 121 cm³/mol. The van der Waals surface area contributed by atoms with Gasteiger partial charge in [0, 0.05) is 15.8 Å². The summed E-state index contributed by atoms with van der Waals surface area (Å²) in [4.78, 5) is 14.7. The number of hydrogen-bond acceptors (Lipinski definition) is 3. The van der Waals surface area contributed by atoms with Crippen LogP contribution in [0.3, 0.4) is 0 Å². The van der Waals surface area contributed by atoms with Gasteiger partial charge in [0.1, 0.15) is 10.5 Å². The second-order valence-electron chi connectivity index (χ2n) is 7.07. The van der Waals surface area contributed by atoms with Crippen molar-refractivity contribution < 1.29 is 4.42 Å². The summed E-state index contributed by atoms with van der Waals surface area (Å²) in [6.45, 7) is 2.05. The van der Waals surface area contributed by atoms with Gasteiger partial charge in [-0.25, -0.2) is 4.79 Å². The van der Waals surface area contributed by atoms with Gasteiger partial charge >= 0.3 is 5.63 Å². The Bertz CT molecular complexity index is 1380. The molecule has 5 aromatic rings. The topological polar surface area (TPSA) is 30.2 Å². The Morgan fingerprint density at radius 3 is 2.14 bits per heavy atom. The highest BCUT2D eigenvalue weighted by molar-refractivity contribution is 7.99. The Kier molecular flexibility index (Phi) is 4.45. The van der Waals surface area contributed by atoms with E-state index in [2.05, 4.69) is 31.2 Å². The third-order valence-electron chi connectivity index (χ3n) is 5.04. The molecule has 2 nitrogen and oxygen atoms in total. The van der Waals surface area contributed by atoms with E-state index < -0.39 is 0 Å². The van der Waals surface area contributed by atoms with Crippen LogP contribution in [0.2, 0.25) is 0 Å². The van der Waals surface area contributed by atoms with Crippen LogP contribution in [0.4, 0.5) is 0 Å². The Balaban J connectivity index is 1.83. The summed E-state index contributed by atoms with van der Waals surface area (Å²) in [6.07, 6.45) is 0. The third-order valence-corrected chi connectivity index (χ3v) is 6.12. The first-order valence-corrected chi connectivity index (χ1v) is 10.3. The standard InChI is InChI=1S/C26H18O2S/c1-17-11-13-21(14-12-17)29-25-24(18-7-3-2-4-8-18)22-15-19-9-5-6-10-20(19)16-23(22)28-26(25)27/h2-16H,1H3. The molecule has 0 aliphatic carbocycles. The van der Waals surface area contributed by atoms with Crippen molar-refractivity contribution in [3.63, 3.8) is 0 Å². The van der Waals surface area contributed by atoms with Gasteiger partial charge in [0.15, 0.2) is 0 Å². The van der Waals surface area contributed by atoms with Crippen LogP contribution in [-0.2, 0) is 0 Å². The quantitative estimate of drug-likeness (QED) is 0.242. The maximum atomic E-state index is 13.0. The zero-order chi connectivity index (χ0) is 19.8. The fourth-order valence-electron chi connectivity index (χ4n) is 3.58. The molecule has 5 rings (SSSR count). The minimum atomic E-state index is -0.308. The maximum Gasteiger partial charge on any atom is 0.351 e. The lowest BCUT2D eigenvalue weighted by Crippen LogP contribution is -2.05. The molecule has 1 aromatic heterocycles. The van der Waals surface area contributed by atoms with Gasteiger partial charge in [0.05, 0.1) is 0 Å². The monoisotopic (exact) mass is 394 g/mol. The van der Waals surface area contributed by atoms with Gasteiger partial charge in [-0.15, -0.1) is 0 Å². The van der Waals surface area contributed by atoms with Crippen molar-refractivity contribution in [3.8, 4) is 11.1 Å². The molecule has 4 aromatic carbocycles. The van der Waals surface area contributed by atoms with E-state index in [-0.39, 0.29) is 5.63 Å². The van der Waals surface area contributed by atoms with Gasteiger partial charge in [-0.05, 0) is 47.5 Å². The minimum absolute atomic E-state index is 0.308. The highest BCUT2D eigenvalue weighted by Crippen LogP contribution is 2.39. The van der Waals surface area contributed by atoms with Crippen molar-refractivity contribution in [1.82, 2.24) is 0 Å². The molecule has 3 heteroatoms. The summed E-state index contributed by atoms with van der Waals surface area (Å²) in [7, 11) is 0. The lowest BCUT2D eigenvalue weighted by molar-refractivity contribution is 0.545. The molecular weight excluding hydrogens is 376 g/mol. The molecule has 0 spiro atoms. The van der Waals surface area contributed by atoms with Gasteiger partial charge < -0.3 is 4.42 Å². The Morgan fingerprint density at radius 2 is 1.41 bits per heavy atom.